The lowest BCUT2D eigenvalue weighted by molar-refractivity contribution is 0.0601. The molecule has 0 aliphatic carbocycles. The molecule has 0 radical (unpaired) electrons. The molecule has 0 aliphatic rings. The first-order valence-corrected chi connectivity index (χ1v) is 7.47. The number of nitrogens with zero attached hydrogens (tertiary/aromatic N) is 3. The molecule has 0 unspecified atom stereocenters. The van der Waals surface area contributed by atoms with Crippen molar-refractivity contribution in [2.24, 2.45) is 7.05 Å². The number of aryl methyl sites for hydroxylation is 1. The summed E-state index contributed by atoms with van der Waals surface area (Å²) in [7, 11) is 0.457. The molecule has 8 heteroatoms. The van der Waals surface area contributed by atoms with Crippen LogP contribution in [0.1, 0.15) is 10.4 Å². The van der Waals surface area contributed by atoms with Crippen LogP contribution in [-0.4, -0.2) is 38.3 Å². The quantitative estimate of drug-likeness (QED) is 0.788. The van der Waals surface area contributed by atoms with E-state index in [-0.39, 0.29) is 16.1 Å². The lowest BCUT2D eigenvalue weighted by Crippen LogP contribution is -2.28. The van der Waals surface area contributed by atoms with E-state index in [1.54, 1.807) is 25.2 Å². The summed E-state index contributed by atoms with van der Waals surface area (Å²) in [5, 5.41) is 3.85. The Bertz CT molecular complexity index is 767. The second kappa shape index (κ2) is 5.57. The molecule has 0 aliphatic heterocycles. The summed E-state index contributed by atoms with van der Waals surface area (Å²) >= 11 is 0. The van der Waals surface area contributed by atoms with Gasteiger partial charge in [-0.1, -0.05) is 12.1 Å². The minimum Gasteiger partial charge on any atom is -0.465 e. The van der Waals surface area contributed by atoms with Crippen LogP contribution in [0, 0.1) is 0 Å². The molecular weight excluding hydrogens is 294 g/mol. The highest BCUT2D eigenvalue weighted by molar-refractivity contribution is 7.92. The fourth-order valence-electron chi connectivity index (χ4n) is 1.85. The summed E-state index contributed by atoms with van der Waals surface area (Å²) in [6, 6.07) is 6.34. The number of sulfonamides is 1. The van der Waals surface area contributed by atoms with Crippen molar-refractivity contribution in [3.8, 4) is 0 Å². The average molecular weight is 309 g/mol. The number of esters is 1. The zero-order valence-corrected chi connectivity index (χ0v) is 12.7. The van der Waals surface area contributed by atoms with Gasteiger partial charge in [-0.05, 0) is 12.1 Å². The van der Waals surface area contributed by atoms with Crippen molar-refractivity contribution >= 4 is 21.7 Å². The van der Waals surface area contributed by atoms with Gasteiger partial charge >= 0.3 is 5.97 Å². The molecule has 1 aromatic heterocycles. The van der Waals surface area contributed by atoms with E-state index in [1.807, 2.05) is 0 Å². The Kier molecular flexibility index (Phi) is 3.99. The van der Waals surface area contributed by atoms with E-state index in [9.17, 15) is 13.2 Å². The van der Waals surface area contributed by atoms with Gasteiger partial charge in [0.2, 0.25) is 0 Å². The number of methoxy groups -OCH3 is 1. The Morgan fingerprint density at radius 2 is 2.00 bits per heavy atom. The third kappa shape index (κ3) is 2.75. The number of hydrogen-bond donors (Lipinski definition) is 0. The van der Waals surface area contributed by atoms with Crippen LogP contribution in [0.15, 0.2) is 41.6 Å². The average Bonchev–Trinajstić information content (AvgIpc) is 2.93. The second-order valence-electron chi connectivity index (χ2n) is 4.33. The molecule has 0 fully saturated rings. The van der Waals surface area contributed by atoms with Crippen LogP contribution in [0.5, 0.6) is 0 Å². The number of anilines is 1. The van der Waals surface area contributed by atoms with E-state index in [0.717, 1.165) is 4.31 Å². The normalized spacial score (nSPS) is 11.2. The van der Waals surface area contributed by atoms with Crippen LogP contribution in [-0.2, 0) is 21.8 Å². The van der Waals surface area contributed by atoms with Crippen LogP contribution < -0.4 is 4.31 Å². The largest absolute Gasteiger partial charge is 0.465 e. The Morgan fingerprint density at radius 1 is 1.33 bits per heavy atom. The number of aromatic nitrogens is 2. The summed E-state index contributed by atoms with van der Waals surface area (Å²) in [6.07, 6.45) is 2.65. The molecule has 7 nitrogen and oxygen atoms in total. The molecular formula is C13H15N3O4S. The molecule has 0 atom stereocenters. The summed E-state index contributed by atoms with van der Waals surface area (Å²) in [5.74, 6) is -0.598. The maximum atomic E-state index is 12.5. The van der Waals surface area contributed by atoms with Crippen molar-refractivity contribution < 1.29 is 17.9 Å². The highest BCUT2D eigenvalue weighted by Crippen LogP contribution is 2.25. The molecule has 0 N–H and O–H groups in total. The Morgan fingerprint density at radius 3 is 2.57 bits per heavy atom. The first-order valence-electron chi connectivity index (χ1n) is 6.03. The fraction of sp³-hybridized carbons (Fsp3) is 0.231. The molecule has 0 amide bonds. The van der Waals surface area contributed by atoms with Gasteiger partial charge in [0.15, 0.2) is 0 Å². The van der Waals surface area contributed by atoms with E-state index in [2.05, 4.69) is 9.84 Å². The lowest BCUT2D eigenvalue weighted by atomic mass is 10.2. The van der Waals surface area contributed by atoms with Gasteiger partial charge in [0.05, 0.1) is 24.6 Å². The van der Waals surface area contributed by atoms with E-state index >= 15 is 0 Å². The van der Waals surface area contributed by atoms with Crippen molar-refractivity contribution in [1.82, 2.24) is 9.78 Å². The van der Waals surface area contributed by atoms with Crippen molar-refractivity contribution in [3.63, 3.8) is 0 Å². The Hall–Kier alpha value is -2.35. The number of carbonyl (C=O) groups excluding carboxylic acids is 1. The molecule has 2 rings (SSSR count). The highest BCUT2D eigenvalue weighted by atomic mass is 32.2. The van der Waals surface area contributed by atoms with Crippen LogP contribution in [0.25, 0.3) is 0 Å². The summed E-state index contributed by atoms with van der Waals surface area (Å²) in [6.45, 7) is 0. The zero-order valence-electron chi connectivity index (χ0n) is 11.8. The van der Waals surface area contributed by atoms with Gasteiger partial charge in [-0.3, -0.25) is 8.99 Å². The molecule has 0 saturated heterocycles. The molecule has 2 aromatic rings. The van der Waals surface area contributed by atoms with Gasteiger partial charge in [0, 0.05) is 20.3 Å². The van der Waals surface area contributed by atoms with Crippen molar-refractivity contribution in [2.45, 2.75) is 4.90 Å². The maximum absolute atomic E-state index is 12.5. The Balaban J connectivity index is 2.50. The number of rotatable bonds is 4. The summed E-state index contributed by atoms with van der Waals surface area (Å²) in [5.41, 5.74) is 0.420. The predicted octanol–water partition coefficient (Wildman–Crippen LogP) is 1.03. The number of para-hydroxylation sites is 1. The maximum Gasteiger partial charge on any atom is 0.340 e. The SMILES string of the molecule is COC(=O)c1ccccc1N(C)S(=O)(=O)c1cnn(C)c1. The Labute approximate surface area is 122 Å². The molecule has 0 saturated carbocycles. The smallest absolute Gasteiger partial charge is 0.340 e. The number of benzene rings is 1. The van der Waals surface area contributed by atoms with E-state index in [1.165, 1.54) is 37.3 Å². The molecule has 112 valence electrons. The molecule has 1 heterocycles. The predicted molar refractivity (Wildman–Crippen MR) is 76.6 cm³/mol. The van der Waals surface area contributed by atoms with E-state index in [4.69, 9.17) is 0 Å². The third-order valence-electron chi connectivity index (χ3n) is 2.99. The number of hydrogen-bond acceptors (Lipinski definition) is 5. The van der Waals surface area contributed by atoms with Gasteiger partial charge in [0.25, 0.3) is 10.0 Å². The van der Waals surface area contributed by atoms with Crippen LogP contribution >= 0.6 is 0 Å². The lowest BCUT2D eigenvalue weighted by Gasteiger charge is -2.20. The number of carbonyl (C=O) groups is 1. The van der Waals surface area contributed by atoms with Crippen LogP contribution in [0.2, 0.25) is 0 Å². The molecule has 0 spiro atoms. The van der Waals surface area contributed by atoms with Crippen molar-refractivity contribution in [3.05, 3.63) is 42.2 Å². The molecule has 0 bridgehead atoms. The fourth-order valence-corrected chi connectivity index (χ4v) is 3.05. The third-order valence-corrected chi connectivity index (χ3v) is 4.71. The minimum atomic E-state index is -3.79. The topological polar surface area (TPSA) is 81.5 Å². The second-order valence-corrected chi connectivity index (χ2v) is 6.30. The highest BCUT2D eigenvalue weighted by Gasteiger charge is 2.26. The van der Waals surface area contributed by atoms with Gasteiger partial charge in [-0.25, -0.2) is 13.2 Å². The summed E-state index contributed by atoms with van der Waals surface area (Å²) < 4.78 is 32.2. The van der Waals surface area contributed by atoms with Gasteiger partial charge in [-0.15, -0.1) is 0 Å². The first-order chi connectivity index (χ1) is 9.87. The van der Waals surface area contributed by atoms with Crippen LogP contribution in [0.4, 0.5) is 5.69 Å². The monoisotopic (exact) mass is 309 g/mol. The van der Waals surface area contributed by atoms with Crippen molar-refractivity contribution in [2.75, 3.05) is 18.5 Å². The molecule has 21 heavy (non-hydrogen) atoms. The van der Waals surface area contributed by atoms with Gasteiger partial charge < -0.3 is 4.74 Å². The van der Waals surface area contributed by atoms with E-state index in [0.29, 0.717) is 0 Å². The van der Waals surface area contributed by atoms with Gasteiger partial charge in [0.1, 0.15) is 4.90 Å². The zero-order chi connectivity index (χ0) is 15.6. The first kappa shape index (κ1) is 15.0. The van der Waals surface area contributed by atoms with Crippen molar-refractivity contribution in [1.29, 1.82) is 0 Å². The standard InChI is InChI=1S/C13H15N3O4S/c1-15-9-10(8-14-15)21(18,19)16(2)12-7-5-4-6-11(12)13(17)20-3/h4-9H,1-3H3. The van der Waals surface area contributed by atoms with Crippen LogP contribution in [0.3, 0.4) is 0 Å². The number of ether oxygens (including phenoxy) is 1. The minimum absolute atomic E-state index is 0.0483. The van der Waals surface area contributed by atoms with E-state index < -0.39 is 16.0 Å². The summed E-state index contributed by atoms with van der Waals surface area (Å²) in [4.78, 5) is 11.8. The van der Waals surface area contributed by atoms with Gasteiger partial charge in [-0.2, -0.15) is 5.10 Å². The molecule has 1 aromatic carbocycles.